The highest BCUT2D eigenvalue weighted by Gasteiger charge is 2.21. The minimum atomic E-state index is -0.290. The summed E-state index contributed by atoms with van der Waals surface area (Å²) in [6, 6.07) is 22.8. The first-order valence-electron chi connectivity index (χ1n) is 12.0. The van der Waals surface area contributed by atoms with Crippen LogP contribution in [0.1, 0.15) is 31.8 Å². The predicted molar refractivity (Wildman–Crippen MR) is 140 cm³/mol. The lowest BCUT2D eigenvalue weighted by atomic mass is 10.0. The molecule has 5 rings (SSSR count). The zero-order valence-electron chi connectivity index (χ0n) is 20.4. The number of morpholine rings is 1. The molecule has 0 aliphatic carbocycles. The van der Waals surface area contributed by atoms with Crippen molar-refractivity contribution < 1.29 is 14.3 Å². The van der Waals surface area contributed by atoms with E-state index in [1.807, 2.05) is 55.5 Å². The summed E-state index contributed by atoms with van der Waals surface area (Å²) in [5, 5.41) is 7.74. The average molecular weight is 481 g/mol. The van der Waals surface area contributed by atoms with Gasteiger partial charge in [-0.05, 0) is 61.4 Å². The number of hydrogen-bond donors (Lipinski definition) is 1. The fourth-order valence-electron chi connectivity index (χ4n) is 4.23. The SMILES string of the molecule is Cc1ccc(-c2nn(-c3ccccc3)cc2C(=O)Nc2cccc(C(=O)N3CCOCC3)c2)cc1C. The van der Waals surface area contributed by atoms with Crippen molar-refractivity contribution in [1.29, 1.82) is 0 Å². The van der Waals surface area contributed by atoms with Crippen LogP contribution in [0, 0.1) is 13.8 Å². The number of hydrogen-bond acceptors (Lipinski definition) is 4. The topological polar surface area (TPSA) is 76.5 Å². The molecule has 7 nitrogen and oxygen atoms in total. The third-order valence-electron chi connectivity index (χ3n) is 6.43. The fourth-order valence-corrected chi connectivity index (χ4v) is 4.23. The summed E-state index contributed by atoms with van der Waals surface area (Å²) in [6.45, 7) is 6.30. The van der Waals surface area contributed by atoms with Crippen molar-refractivity contribution in [3.8, 4) is 16.9 Å². The van der Waals surface area contributed by atoms with E-state index in [0.29, 0.717) is 48.8 Å². The highest BCUT2D eigenvalue weighted by molar-refractivity contribution is 6.08. The second-order valence-corrected chi connectivity index (χ2v) is 8.91. The van der Waals surface area contributed by atoms with Gasteiger partial charge in [0.1, 0.15) is 5.69 Å². The van der Waals surface area contributed by atoms with Crippen molar-refractivity contribution >= 4 is 17.5 Å². The molecule has 0 spiro atoms. The van der Waals surface area contributed by atoms with Crippen LogP contribution in [-0.2, 0) is 4.74 Å². The fraction of sp³-hybridized carbons (Fsp3) is 0.207. The van der Waals surface area contributed by atoms with Gasteiger partial charge in [0.15, 0.2) is 0 Å². The first-order chi connectivity index (χ1) is 17.5. The van der Waals surface area contributed by atoms with Crippen molar-refractivity contribution in [1.82, 2.24) is 14.7 Å². The standard InChI is InChI=1S/C29H28N4O3/c1-20-11-12-22(17-21(20)2)27-26(19-33(31-27)25-9-4-3-5-10-25)28(34)30-24-8-6-7-23(18-24)29(35)32-13-15-36-16-14-32/h3-12,17-19H,13-16H2,1-2H3,(H,30,34). The molecule has 4 aromatic rings. The number of benzene rings is 3. The summed E-state index contributed by atoms with van der Waals surface area (Å²) in [6.07, 6.45) is 1.75. The van der Waals surface area contributed by atoms with E-state index in [4.69, 9.17) is 9.84 Å². The minimum absolute atomic E-state index is 0.0675. The number of nitrogens with zero attached hydrogens (tertiary/aromatic N) is 3. The van der Waals surface area contributed by atoms with Gasteiger partial charge in [-0.25, -0.2) is 4.68 Å². The van der Waals surface area contributed by atoms with Crippen LogP contribution in [0.3, 0.4) is 0 Å². The Kier molecular flexibility index (Phi) is 6.64. The summed E-state index contributed by atoms with van der Waals surface area (Å²) < 4.78 is 7.07. The quantitative estimate of drug-likeness (QED) is 0.442. The van der Waals surface area contributed by atoms with Gasteiger partial charge in [0.2, 0.25) is 0 Å². The van der Waals surface area contributed by atoms with Crippen LogP contribution in [-0.4, -0.2) is 52.8 Å². The minimum Gasteiger partial charge on any atom is -0.378 e. The van der Waals surface area contributed by atoms with Crippen LogP contribution >= 0.6 is 0 Å². The van der Waals surface area contributed by atoms with E-state index in [1.165, 1.54) is 5.56 Å². The van der Waals surface area contributed by atoms with Crippen molar-refractivity contribution in [2.45, 2.75) is 13.8 Å². The van der Waals surface area contributed by atoms with Gasteiger partial charge in [-0.3, -0.25) is 9.59 Å². The molecule has 0 unspecified atom stereocenters. The van der Waals surface area contributed by atoms with Crippen LogP contribution in [0.2, 0.25) is 0 Å². The molecule has 3 aromatic carbocycles. The molecule has 36 heavy (non-hydrogen) atoms. The van der Waals surface area contributed by atoms with Crippen molar-refractivity contribution in [2.75, 3.05) is 31.6 Å². The molecular weight excluding hydrogens is 452 g/mol. The molecular formula is C29H28N4O3. The first kappa shape index (κ1) is 23.5. The number of carbonyl (C=O) groups excluding carboxylic acids is 2. The molecule has 1 N–H and O–H groups in total. The van der Waals surface area contributed by atoms with Gasteiger partial charge < -0.3 is 15.0 Å². The molecule has 0 saturated carbocycles. The van der Waals surface area contributed by atoms with Crippen LogP contribution in [0.5, 0.6) is 0 Å². The van der Waals surface area contributed by atoms with Gasteiger partial charge in [-0.1, -0.05) is 36.4 Å². The van der Waals surface area contributed by atoms with E-state index in [2.05, 4.69) is 12.2 Å². The second kappa shape index (κ2) is 10.2. The number of anilines is 1. The largest absolute Gasteiger partial charge is 0.378 e. The van der Waals surface area contributed by atoms with Crippen molar-refractivity contribution in [2.24, 2.45) is 0 Å². The summed E-state index contributed by atoms with van der Waals surface area (Å²) in [7, 11) is 0. The number of nitrogens with one attached hydrogen (secondary N) is 1. The second-order valence-electron chi connectivity index (χ2n) is 8.91. The monoisotopic (exact) mass is 480 g/mol. The van der Waals surface area contributed by atoms with E-state index >= 15 is 0 Å². The Hall–Kier alpha value is -4.23. The van der Waals surface area contributed by atoms with Gasteiger partial charge in [0, 0.05) is 36.1 Å². The van der Waals surface area contributed by atoms with Gasteiger partial charge in [0.25, 0.3) is 11.8 Å². The van der Waals surface area contributed by atoms with E-state index in [9.17, 15) is 9.59 Å². The van der Waals surface area contributed by atoms with E-state index in [1.54, 1.807) is 40.0 Å². The molecule has 0 atom stereocenters. The molecule has 1 aliphatic heterocycles. The highest BCUT2D eigenvalue weighted by Crippen LogP contribution is 2.27. The molecule has 1 aliphatic rings. The predicted octanol–water partition coefficient (Wildman–Crippen LogP) is 4.88. The number of rotatable bonds is 5. The lowest BCUT2D eigenvalue weighted by Gasteiger charge is -2.27. The van der Waals surface area contributed by atoms with Crippen molar-refractivity contribution in [3.63, 3.8) is 0 Å². The third kappa shape index (κ3) is 4.92. The number of ether oxygens (including phenoxy) is 1. The maximum Gasteiger partial charge on any atom is 0.259 e. The molecule has 2 amide bonds. The molecule has 1 aromatic heterocycles. The Morgan fingerprint density at radius 3 is 2.42 bits per heavy atom. The zero-order valence-corrected chi connectivity index (χ0v) is 20.4. The van der Waals surface area contributed by atoms with Crippen LogP contribution < -0.4 is 5.32 Å². The highest BCUT2D eigenvalue weighted by atomic mass is 16.5. The summed E-state index contributed by atoms with van der Waals surface area (Å²) in [4.78, 5) is 28.2. The van der Waals surface area contributed by atoms with Crippen LogP contribution in [0.15, 0.2) is 79.0 Å². The number of para-hydroxylation sites is 1. The maximum atomic E-state index is 13.5. The number of aryl methyl sites for hydroxylation is 2. The zero-order chi connectivity index (χ0) is 25.1. The molecule has 7 heteroatoms. The van der Waals surface area contributed by atoms with Crippen molar-refractivity contribution in [3.05, 3.63) is 101 Å². The number of carbonyl (C=O) groups is 2. The van der Waals surface area contributed by atoms with Gasteiger partial charge in [0.05, 0.1) is 24.5 Å². The molecule has 2 heterocycles. The molecule has 0 radical (unpaired) electrons. The third-order valence-corrected chi connectivity index (χ3v) is 6.43. The Balaban J connectivity index is 1.46. The van der Waals surface area contributed by atoms with Gasteiger partial charge in [-0.2, -0.15) is 5.10 Å². The smallest absolute Gasteiger partial charge is 0.259 e. The number of aromatic nitrogens is 2. The average Bonchev–Trinajstić information content (AvgIpc) is 3.37. The normalized spacial score (nSPS) is 13.4. The molecule has 0 bridgehead atoms. The Morgan fingerprint density at radius 1 is 0.889 bits per heavy atom. The lowest BCUT2D eigenvalue weighted by Crippen LogP contribution is -2.40. The summed E-state index contributed by atoms with van der Waals surface area (Å²) in [5.74, 6) is -0.358. The first-order valence-corrected chi connectivity index (χ1v) is 12.0. The van der Waals surface area contributed by atoms with Crippen LogP contribution in [0.25, 0.3) is 16.9 Å². The lowest BCUT2D eigenvalue weighted by molar-refractivity contribution is 0.0303. The van der Waals surface area contributed by atoms with Crippen LogP contribution in [0.4, 0.5) is 5.69 Å². The van der Waals surface area contributed by atoms with E-state index in [-0.39, 0.29) is 11.8 Å². The van der Waals surface area contributed by atoms with Gasteiger partial charge >= 0.3 is 0 Å². The van der Waals surface area contributed by atoms with E-state index < -0.39 is 0 Å². The molecule has 1 saturated heterocycles. The molecule has 182 valence electrons. The molecule has 1 fully saturated rings. The Labute approximate surface area is 210 Å². The Morgan fingerprint density at radius 2 is 1.67 bits per heavy atom. The summed E-state index contributed by atoms with van der Waals surface area (Å²) >= 11 is 0. The summed E-state index contributed by atoms with van der Waals surface area (Å²) in [5.41, 5.74) is 6.17. The maximum absolute atomic E-state index is 13.5. The Bertz CT molecular complexity index is 1410. The van der Waals surface area contributed by atoms with Gasteiger partial charge in [-0.15, -0.1) is 0 Å². The number of amides is 2. The van der Waals surface area contributed by atoms with E-state index in [0.717, 1.165) is 16.8 Å².